The summed E-state index contributed by atoms with van der Waals surface area (Å²) in [5.74, 6) is 0. The van der Waals surface area contributed by atoms with Crippen LogP contribution in [0.3, 0.4) is 0 Å². The smallest absolute Gasteiger partial charge is 0.116 e. The van der Waals surface area contributed by atoms with E-state index >= 15 is 0 Å². The molecule has 7 heteroatoms. The van der Waals surface area contributed by atoms with Crippen LogP contribution in [-0.4, -0.2) is 25.1 Å². The first-order valence-corrected chi connectivity index (χ1v) is 10.7. The molecule has 0 bridgehead atoms. The maximum atomic E-state index is 5.93. The monoisotopic (exact) mass is 422 g/mol. The number of nitrogens with zero attached hydrogens (tertiary/aromatic N) is 3. The fourth-order valence-electron chi connectivity index (χ4n) is 3.95. The lowest BCUT2D eigenvalue weighted by Gasteiger charge is -2.03. The van der Waals surface area contributed by atoms with Crippen LogP contribution in [0.5, 0.6) is 0 Å². The molecule has 0 aliphatic carbocycles. The van der Waals surface area contributed by atoms with Crippen LogP contribution in [0.2, 0.25) is 0 Å². The van der Waals surface area contributed by atoms with Gasteiger partial charge in [-0.25, -0.2) is 0 Å². The number of pyridine rings is 2. The van der Waals surface area contributed by atoms with Crippen molar-refractivity contribution in [1.82, 2.24) is 25.1 Å². The van der Waals surface area contributed by atoms with E-state index < -0.39 is 0 Å². The van der Waals surface area contributed by atoms with Crippen molar-refractivity contribution in [3.8, 4) is 33.1 Å². The molecule has 150 valence electrons. The lowest BCUT2D eigenvalue weighted by Crippen LogP contribution is -1.87. The number of aromatic amines is 2. The molecule has 0 amide bonds. The van der Waals surface area contributed by atoms with Crippen molar-refractivity contribution < 1.29 is 0 Å². The van der Waals surface area contributed by atoms with E-state index in [4.69, 9.17) is 5.73 Å². The first-order valence-electron chi connectivity index (χ1n) is 9.90. The maximum Gasteiger partial charge on any atom is 0.116 e. The summed E-state index contributed by atoms with van der Waals surface area (Å²) in [5, 5.41) is 9.88. The van der Waals surface area contributed by atoms with Gasteiger partial charge in [0.15, 0.2) is 0 Å². The van der Waals surface area contributed by atoms with Crippen molar-refractivity contribution >= 4 is 38.8 Å². The molecule has 0 spiro atoms. The largest absolute Gasteiger partial charge is 0.397 e. The van der Waals surface area contributed by atoms with Crippen LogP contribution >= 0.6 is 11.3 Å². The summed E-state index contributed by atoms with van der Waals surface area (Å²) >= 11 is 1.75. The van der Waals surface area contributed by atoms with E-state index in [-0.39, 0.29) is 0 Å². The van der Waals surface area contributed by atoms with Crippen LogP contribution in [0.1, 0.15) is 4.88 Å². The third kappa shape index (κ3) is 2.98. The number of thiophene rings is 1. The van der Waals surface area contributed by atoms with Gasteiger partial charge in [0.2, 0.25) is 0 Å². The number of aromatic nitrogens is 5. The van der Waals surface area contributed by atoms with E-state index in [1.165, 1.54) is 4.88 Å². The van der Waals surface area contributed by atoms with Crippen LogP contribution in [0.4, 0.5) is 5.69 Å². The summed E-state index contributed by atoms with van der Waals surface area (Å²) in [6, 6.07) is 16.5. The Morgan fingerprint density at radius 1 is 0.871 bits per heavy atom. The van der Waals surface area contributed by atoms with Gasteiger partial charge in [0.25, 0.3) is 0 Å². The summed E-state index contributed by atoms with van der Waals surface area (Å²) in [6.45, 7) is 2.11. The van der Waals surface area contributed by atoms with E-state index in [1.54, 1.807) is 17.5 Å². The molecule has 0 fully saturated rings. The highest BCUT2D eigenvalue weighted by molar-refractivity contribution is 7.15. The number of fused-ring (bicyclic) bond motifs is 2. The van der Waals surface area contributed by atoms with Crippen molar-refractivity contribution in [2.45, 2.75) is 6.92 Å². The highest BCUT2D eigenvalue weighted by Gasteiger charge is 2.15. The first-order chi connectivity index (χ1) is 15.2. The zero-order valence-electron chi connectivity index (χ0n) is 16.7. The van der Waals surface area contributed by atoms with Crippen molar-refractivity contribution in [3.63, 3.8) is 0 Å². The lowest BCUT2D eigenvalue weighted by molar-refractivity contribution is 1.12. The molecule has 0 radical (unpaired) electrons. The van der Waals surface area contributed by atoms with Crippen LogP contribution in [0.15, 0.2) is 67.1 Å². The van der Waals surface area contributed by atoms with Crippen LogP contribution < -0.4 is 5.73 Å². The molecule has 5 aromatic heterocycles. The number of anilines is 1. The van der Waals surface area contributed by atoms with Crippen LogP contribution in [-0.2, 0) is 0 Å². The number of nitrogens with one attached hydrogen (secondary N) is 2. The Morgan fingerprint density at radius 3 is 2.61 bits per heavy atom. The van der Waals surface area contributed by atoms with Gasteiger partial charge >= 0.3 is 0 Å². The Labute approximate surface area is 181 Å². The molecule has 1 aromatic carbocycles. The minimum Gasteiger partial charge on any atom is -0.397 e. The molecule has 0 saturated heterocycles. The summed E-state index contributed by atoms with van der Waals surface area (Å²) < 4.78 is 0. The minimum absolute atomic E-state index is 0.643. The van der Waals surface area contributed by atoms with Crippen molar-refractivity contribution in [2.75, 3.05) is 5.73 Å². The third-order valence-electron chi connectivity index (χ3n) is 5.43. The third-order valence-corrected chi connectivity index (χ3v) is 6.44. The van der Waals surface area contributed by atoms with Crippen LogP contribution in [0, 0.1) is 6.92 Å². The summed E-state index contributed by atoms with van der Waals surface area (Å²) in [7, 11) is 0. The fourth-order valence-corrected chi connectivity index (χ4v) is 4.83. The number of nitrogen functional groups attached to an aromatic ring is 1. The number of hydrogen-bond donors (Lipinski definition) is 3. The van der Waals surface area contributed by atoms with Crippen molar-refractivity contribution in [3.05, 3.63) is 72.0 Å². The molecule has 0 aliphatic rings. The van der Waals surface area contributed by atoms with Gasteiger partial charge in [-0.3, -0.25) is 15.1 Å². The number of rotatable bonds is 3. The quantitative estimate of drug-likeness (QED) is 0.336. The van der Waals surface area contributed by atoms with E-state index in [2.05, 4.69) is 56.3 Å². The molecule has 6 rings (SSSR count). The Kier molecular flexibility index (Phi) is 3.91. The normalized spacial score (nSPS) is 11.5. The minimum atomic E-state index is 0.643. The Hall–Kier alpha value is -3.97. The molecule has 0 saturated carbocycles. The average molecular weight is 423 g/mol. The predicted octanol–water partition coefficient (Wildman–Crippen LogP) is 5.79. The maximum absolute atomic E-state index is 5.93. The fraction of sp³-hybridized carbons (Fsp3) is 0.0417. The predicted molar refractivity (Wildman–Crippen MR) is 127 cm³/mol. The topological polar surface area (TPSA) is 96.3 Å². The SMILES string of the molecule is Cc1ccc(-c2nccc3[nH]c(-c4n[nH]c5ccc(-c6cncc(N)c6)cc45)cc23)s1. The number of nitrogens with two attached hydrogens (primary N) is 1. The Morgan fingerprint density at radius 2 is 1.77 bits per heavy atom. The van der Waals surface area contributed by atoms with Crippen LogP contribution in [0.25, 0.3) is 54.9 Å². The van der Waals surface area contributed by atoms with E-state index in [1.807, 2.05) is 36.7 Å². The molecule has 0 unspecified atom stereocenters. The van der Waals surface area contributed by atoms with Gasteiger partial charge < -0.3 is 10.7 Å². The second-order valence-corrected chi connectivity index (χ2v) is 8.84. The van der Waals surface area contributed by atoms with Gasteiger partial charge in [-0.05, 0) is 55.0 Å². The molecule has 6 nitrogen and oxygen atoms in total. The first kappa shape index (κ1) is 17.9. The highest BCUT2D eigenvalue weighted by Crippen LogP contribution is 2.36. The Bertz CT molecular complexity index is 1570. The molecule has 0 atom stereocenters. The second kappa shape index (κ2) is 6.78. The number of aryl methyl sites for hydroxylation is 1. The molecule has 6 aromatic rings. The summed E-state index contributed by atoms with van der Waals surface area (Å²) in [6.07, 6.45) is 5.32. The second-order valence-electron chi connectivity index (χ2n) is 7.55. The summed E-state index contributed by atoms with van der Waals surface area (Å²) in [4.78, 5) is 14.8. The van der Waals surface area contributed by atoms with E-state index in [9.17, 15) is 0 Å². The molecule has 0 aliphatic heterocycles. The highest BCUT2D eigenvalue weighted by atomic mass is 32.1. The lowest BCUT2D eigenvalue weighted by atomic mass is 10.0. The van der Waals surface area contributed by atoms with Gasteiger partial charge in [0, 0.05) is 45.3 Å². The van der Waals surface area contributed by atoms with Crippen molar-refractivity contribution in [1.29, 1.82) is 0 Å². The molecular weight excluding hydrogens is 404 g/mol. The zero-order chi connectivity index (χ0) is 20.9. The van der Waals surface area contributed by atoms with Gasteiger partial charge in [-0.1, -0.05) is 6.07 Å². The molecule has 4 N–H and O–H groups in total. The van der Waals surface area contributed by atoms with E-state index in [0.29, 0.717) is 5.69 Å². The number of benzene rings is 1. The standard InChI is InChI=1S/C24H18N6S/c1-13-2-5-22(31-13)24-18-10-21(28-19(18)6-7-27-24)23-17-9-14(3-4-20(17)29-30-23)15-8-16(25)12-26-11-15/h2-12,28H,25H2,1H3,(H,29,30). The molecule has 5 heterocycles. The van der Waals surface area contributed by atoms with Gasteiger partial charge in [-0.2, -0.15) is 5.10 Å². The van der Waals surface area contributed by atoms with Gasteiger partial charge in [0.1, 0.15) is 5.69 Å². The van der Waals surface area contributed by atoms with Crippen molar-refractivity contribution in [2.24, 2.45) is 0 Å². The van der Waals surface area contributed by atoms with Gasteiger partial charge in [0.05, 0.1) is 27.5 Å². The number of hydrogen-bond acceptors (Lipinski definition) is 5. The average Bonchev–Trinajstić information content (AvgIpc) is 3.50. The number of H-pyrrole nitrogens is 2. The summed E-state index contributed by atoms with van der Waals surface area (Å²) in [5.41, 5.74) is 13.4. The van der Waals surface area contributed by atoms with E-state index in [0.717, 1.165) is 54.9 Å². The molecular formula is C24H18N6S. The van der Waals surface area contributed by atoms with Gasteiger partial charge in [-0.15, -0.1) is 11.3 Å². The zero-order valence-corrected chi connectivity index (χ0v) is 17.5. The molecule has 31 heavy (non-hydrogen) atoms. The Balaban J connectivity index is 1.51.